The van der Waals surface area contributed by atoms with Gasteiger partial charge in [-0.1, -0.05) is 0 Å². The Hall–Kier alpha value is -1.77. The van der Waals surface area contributed by atoms with Crippen LogP contribution >= 0.6 is 0 Å². The summed E-state index contributed by atoms with van der Waals surface area (Å²) in [5.74, 6) is 0.801. The third-order valence-electron chi connectivity index (χ3n) is 2.80. The normalized spacial score (nSPS) is 10.7. The van der Waals surface area contributed by atoms with Crippen molar-refractivity contribution in [1.29, 1.82) is 0 Å². The molecule has 0 aliphatic heterocycles. The van der Waals surface area contributed by atoms with Gasteiger partial charge in [0.15, 0.2) is 0 Å². The summed E-state index contributed by atoms with van der Waals surface area (Å²) in [6.45, 7) is 0. The molecule has 0 saturated carbocycles. The second-order valence-corrected chi connectivity index (χ2v) is 5.96. The van der Waals surface area contributed by atoms with Crippen LogP contribution in [0.25, 0.3) is 15.3 Å². The summed E-state index contributed by atoms with van der Waals surface area (Å²) >= 11 is 0.0300. The van der Waals surface area contributed by atoms with Gasteiger partial charge in [-0.25, -0.2) is 0 Å². The predicted octanol–water partition coefficient (Wildman–Crippen LogP) is 2.06. The molecule has 1 heterocycles. The average Bonchev–Trinajstić information content (AvgIpc) is 2.77. The van der Waals surface area contributed by atoms with Gasteiger partial charge in [-0.15, -0.1) is 0 Å². The zero-order chi connectivity index (χ0) is 12.5. The van der Waals surface area contributed by atoms with Gasteiger partial charge >= 0.3 is 110 Å². The van der Waals surface area contributed by atoms with Crippen molar-refractivity contribution in [2.75, 3.05) is 7.11 Å². The van der Waals surface area contributed by atoms with E-state index in [-0.39, 0.29) is 20.3 Å². The van der Waals surface area contributed by atoms with Gasteiger partial charge in [-0.2, -0.15) is 0 Å². The average molecular weight is 304 g/mol. The molecule has 0 aliphatic rings. The fourth-order valence-electron chi connectivity index (χ4n) is 1.86. The second kappa shape index (κ2) is 4.48. The summed E-state index contributed by atoms with van der Waals surface area (Å²) in [7, 11) is 1.63. The number of methoxy groups -OCH3 is 1. The van der Waals surface area contributed by atoms with Crippen LogP contribution in [0.1, 0.15) is 0 Å². The summed E-state index contributed by atoms with van der Waals surface area (Å²) < 4.78 is 8.11. The molecule has 90 valence electrons. The van der Waals surface area contributed by atoms with Gasteiger partial charge in [0.05, 0.1) is 0 Å². The molecule has 3 nitrogen and oxygen atoms in total. The van der Waals surface area contributed by atoms with E-state index in [1.54, 1.807) is 7.11 Å². The molecule has 0 atom stereocenters. The van der Waals surface area contributed by atoms with Crippen molar-refractivity contribution in [3.05, 3.63) is 58.9 Å². The van der Waals surface area contributed by atoms with Crippen molar-refractivity contribution in [2.24, 2.45) is 0 Å². The number of rotatable bonds is 2. The van der Waals surface area contributed by atoms with E-state index in [0.29, 0.717) is 0 Å². The number of hydrogen-bond donors (Lipinski definition) is 0. The molecule has 3 rings (SSSR count). The predicted molar refractivity (Wildman–Crippen MR) is 73.0 cm³/mol. The van der Waals surface area contributed by atoms with Gasteiger partial charge < -0.3 is 0 Å². The van der Waals surface area contributed by atoms with Crippen LogP contribution in [0, 0.1) is 0 Å². The summed E-state index contributed by atoms with van der Waals surface area (Å²) in [6, 6.07) is 15.4. The van der Waals surface area contributed by atoms with Crippen molar-refractivity contribution in [1.82, 2.24) is 3.56 Å². The van der Waals surface area contributed by atoms with Crippen LogP contribution < -0.4 is 10.3 Å². The third-order valence-corrected chi connectivity index (χ3v) is 5.13. The topological polar surface area (TPSA) is 31.2 Å². The van der Waals surface area contributed by atoms with Gasteiger partial charge in [0.1, 0.15) is 0 Å². The Bertz CT molecular complexity index is 740. The van der Waals surface area contributed by atoms with Crippen LogP contribution in [0.15, 0.2) is 53.3 Å². The van der Waals surface area contributed by atoms with Crippen molar-refractivity contribution in [3.63, 3.8) is 0 Å². The third kappa shape index (κ3) is 1.80. The summed E-state index contributed by atoms with van der Waals surface area (Å²) in [5, 5.41) is 0.827. The number of ether oxygens (including phenoxy) is 1. The first kappa shape index (κ1) is 11.3. The molecule has 4 heteroatoms. The van der Waals surface area contributed by atoms with E-state index in [4.69, 9.17) is 4.74 Å². The van der Waals surface area contributed by atoms with Crippen LogP contribution in [-0.4, -0.2) is 25.4 Å². The zero-order valence-electron chi connectivity index (χ0n) is 9.79. The second-order valence-electron chi connectivity index (χ2n) is 3.89. The Morgan fingerprint density at radius 1 is 1.06 bits per heavy atom. The molecule has 0 spiro atoms. The molecule has 0 saturated heterocycles. The minimum absolute atomic E-state index is 0.0300. The van der Waals surface area contributed by atoms with Crippen LogP contribution in [0.5, 0.6) is 5.75 Å². The number of nitrogens with zero attached hydrogens (tertiary/aromatic N) is 1. The fourth-order valence-corrected chi connectivity index (χ4v) is 3.95. The quantitative estimate of drug-likeness (QED) is 0.679. The molecule has 18 heavy (non-hydrogen) atoms. The van der Waals surface area contributed by atoms with Crippen LogP contribution in [0.4, 0.5) is 0 Å². The van der Waals surface area contributed by atoms with Gasteiger partial charge in [0.25, 0.3) is 0 Å². The molecule has 1 aromatic heterocycles. The Morgan fingerprint density at radius 3 is 2.44 bits per heavy atom. The molecule has 0 bridgehead atoms. The molecule has 2 aromatic carbocycles. The summed E-state index contributed by atoms with van der Waals surface area (Å²) in [5.41, 5.74) is 1.02. The maximum atomic E-state index is 12.3. The molecule has 0 unspecified atom stereocenters. The van der Waals surface area contributed by atoms with Gasteiger partial charge in [-0.3, -0.25) is 0 Å². The molecule has 0 aliphatic carbocycles. The Kier molecular flexibility index (Phi) is 2.82. The standard InChI is InChI=1S/C14H11NO2Se/c1-17-11-8-6-10(7-9-11)15-14(16)12-4-2-3-5-13(12)18-15/h2-9H,1H3. The number of hydrogen-bond acceptors (Lipinski definition) is 2. The zero-order valence-corrected chi connectivity index (χ0v) is 11.5. The Labute approximate surface area is 110 Å². The van der Waals surface area contributed by atoms with Crippen LogP contribution in [0.3, 0.4) is 0 Å². The monoisotopic (exact) mass is 305 g/mol. The van der Waals surface area contributed by atoms with E-state index < -0.39 is 0 Å². The molecule has 0 radical (unpaired) electrons. The van der Waals surface area contributed by atoms with Crippen molar-refractivity contribution < 1.29 is 4.74 Å². The van der Waals surface area contributed by atoms with E-state index >= 15 is 0 Å². The van der Waals surface area contributed by atoms with E-state index in [1.165, 1.54) is 0 Å². The van der Waals surface area contributed by atoms with Crippen LogP contribution in [-0.2, 0) is 0 Å². The molecular weight excluding hydrogens is 293 g/mol. The van der Waals surface area contributed by atoms with Crippen LogP contribution in [0.2, 0.25) is 0 Å². The van der Waals surface area contributed by atoms with E-state index in [1.807, 2.05) is 52.1 Å². The first-order valence-electron chi connectivity index (χ1n) is 5.55. The van der Waals surface area contributed by atoms with E-state index in [2.05, 4.69) is 0 Å². The number of benzene rings is 2. The van der Waals surface area contributed by atoms with Crippen molar-refractivity contribution >= 4 is 24.4 Å². The molecule has 0 fully saturated rings. The molecular formula is C14H11NO2Se. The molecule has 0 amide bonds. The summed E-state index contributed by atoms with van der Waals surface area (Å²) in [6.07, 6.45) is 0. The van der Waals surface area contributed by atoms with E-state index in [9.17, 15) is 4.79 Å². The maximum absolute atomic E-state index is 12.3. The SMILES string of the molecule is COc1ccc(-n2[se]c3ccccc3c2=O)cc1. The Morgan fingerprint density at radius 2 is 1.78 bits per heavy atom. The van der Waals surface area contributed by atoms with Gasteiger partial charge in [0.2, 0.25) is 0 Å². The first-order valence-corrected chi connectivity index (χ1v) is 7.17. The first-order chi connectivity index (χ1) is 8.79. The molecule has 3 aromatic rings. The van der Waals surface area contributed by atoms with E-state index in [0.717, 1.165) is 21.1 Å². The minimum atomic E-state index is 0.0300. The fraction of sp³-hybridized carbons (Fsp3) is 0.0714. The van der Waals surface area contributed by atoms with Gasteiger partial charge in [-0.05, 0) is 0 Å². The van der Waals surface area contributed by atoms with Gasteiger partial charge in [0, 0.05) is 0 Å². The Balaban J connectivity index is 2.18. The van der Waals surface area contributed by atoms with Crippen molar-refractivity contribution in [2.45, 2.75) is 0 Å². The number of aromatic nitrogens is 1. The molecule has 0 N–H and O–H groups in total. The summed E-state index contributed by atoms with van der Waals surface area (Å²) in [4.78, 5) is 12.3. The van der Waals surface area contributed by atoms with Crippen molar-refractivity contribution in [3.8, 4) is 11.4 Å². The number of fused-ring (bicyclic) bond motifs is 1.